The highest BCUT2D eigenvalue weighted by Gasteiger charge is 2.35. The van der Waals surface area contributed by atoms with Gasteiger partial charge in [0, 0.05) is 16.1 Å². The van der Waals surface area contributed by atoms with Crippen LogP contribution in [-0.2, 0) is 11.3 Å². The second kappa shape index (κ2) is 4.70. The van der Waals surface area contributed by atoms with E-state index in [1.165, 1.54) is 12.1 Å². The summed E-state index contributed by atoms with van der Waals surface area (Å²) in [4.78, 5) is 14.8. The number of benzene rings is 1. The molecule has 0 aliphatic carbocycles. The molecule has 2 heterocycles. The average Bonchev–Trinajstić information content (AvgIpc) is 2.88. The summed E-state index contributed by atoms with van der Waals surface area (Å²) in [6.07, 6.45) is 0. The zero-order chi connectivity index (χ0) is 13.6. The molecule has 1 unspecified atom stereocenters. The number of carbonyl (C=O) groups excluding carboxylic acids is 1. The molecule has 0 bridgehead atoms. The minimum Gasteiger partial charge on any atom is -0.316 e. The van der Waals surface area contributed by atoms with Gasteiger partial charge in [0.2, 0.25) is 5.91 Å². The van der Waals surface area contributed by atoms with Crippen molar-refractivity contribution in [1.82, 2.24) is 0 Å². The Hall–Kier alpha value is -1.24. The van der Waals surface area contributed by atoms with Crippen molar-refractivity contribution < 1.29 is 9.18 Å². The van der Waals surface area contributed by atoms with E-state index >= 15 is 0 Å². The van der Waals surface area contributed by atoms with E-state index in [0.717, 1.165) is 8.66 Å². The molecule has 0 saturated heterocycles. The van der Waals surface area contributed by atoms with Gasteiger partial charge < -0.3 is 10.6 Å². The van der Waals surface area contributed by atoms with Crippen LogP contribution in [0.1, 0.15) is 16.5 Å². The van der Waals surface area contributed by atoms with Crippen LogP contribution >= 0.6 is 27.3 Å². The Balaban J connectivity index is 1.97. The van der Waals surface area contributed by atoms with Crippen LogP contribution in [0.2, 0.25) is 0 Å². The quantitative estimate of drug-likeness (QED) is 0.912. The molecule has 0 fully saturated rings. The molecule has 0 saturated carbocycles. The Morgan fingerprint density at radius 2 is 2.16 bits per heavy atom. The fourth-order valence-electron chi connectivity index (χ4n) is 2.20. The third-order valence-electron chi connectivity index (χ3n) is 3.09. The molecule has 2 N–H and O–H groups in total. The van der Waals surface area contributed by atoms with Crippen LogP contribution in [0, 0.1) is 5.82 Å². The Kier molecular flexibility index (Phi) is 3.16. The van der Waals surface area contributed by atoms with E-state index in [9.17, 15) is 9.18 Å². The number of carbonyl (C=O) groups is 1. The van der Waals surface area contributed by atoms with Gasteiger partial charge in [-0.1, -0.05) is 0 Å². The van der Waals surface area contributed by atoms with E-state index in [1.54, 1.807) is 22.3 Å². The molecule has 1 amide bonds. The normalized spacial score (nSPS) is 17.9. The standard InChI is InChI=1S/C13H10BrFN2OS/c14-11-4-2-8(19-11)6-17-10-3-1-7(15)5-9(10)12(16)13(17)18/h1-5,12H,6,16H2. The fraction of sp³-hybridized carbons (Fsp3) is 0.154. The Labute approximate surface area is 122 Å². The van der Waals surface area contributed by atoms with Crippen LogP contribution in [0.25, 0.3) is 0 Å². The van der Waals surface area contributed by atoms with E-state index in [-0.39, 0.29) is 11.7 Å². The third-order valence-corrected chi connectivity index (χ3v) is 4.70. The van der Waals surface area contributed by atoms with Gasteiger partial charge in [-0.05, 0) is 46.3 Å². The number of nitrogens with zero attached hydrogens (tertiary/aromatic N) is 1. The smallest absolute Gasteiger partial charge is 0.248 e. The number of fused-ring (bicyclic) bond motifs is 1. The summed E-state index contributed by atoms with van der Waals surface area (Å²) >= 11 is 4.95. The predicted molar refractivity (Wildman–Crippen MR) is 76.5 cm³/mol. The van der Waals surface area contributed by atoms with Crippen molar-refractivity contribution in [2.75, 3.05) is 4.90 Å². The van der Waals surface area contributed by atoms with Crippen LogP contribution in [-0.4, -0.2) is 5.91 Å². The van der Waals surface area contributed by atoms with E-state index in [0.29, 0.717) is 17.8 Å². The molecule has 3 nitrogen and oxygen atoms in total. The summed E-state index contributed by atoms with van der Waals surface area (Å²) in [6, 6.07) is 7.41. The van der Waals surface area contributed by atoms with Crippen LogP contribution < -0.4 is 10.6 Å². The van der Waals surface area contributed by atoms with E-state index < -0.39 is 6.04 Å². The fourth-order valence-corrected chi connectivity index (χ4v) is 3.67. The molecule has 1 aromatic heterocycles. The van der Waals surface area contributed by atoms with Gasteiger partial charge in [0.1, 0.15) is 11.9 Å². The van der Waals surface area contributed by atoms with Crippen molar-refractivity contribution in [2.24, 2.45) is 5.73 Å². The second-order valence-electron chi connectivity index (χ2n) is 4.31. The Morgan fingerprint density at radius 3 is 2.84 bits per heavy atom. The number of rotatable bonds is 2. The zero-order valence-electron chi connectivity index (χ0n) is 9.77. The molecule has 1 aliphatic rings. The molecule has 1 atom stereocenters. The highest BCUT2D eigenvalue weighted by Crippen LogP contribution is 2.37. The number of hydrogen-bond donors (Lipinski definition) is 1. The first-order valence-electron chi connectivity index (χ1n) is 5.67. The van der Waals surface area contributed by atoms with Crippen LogP contribution in [0.5, 0.6) is 0 Å². The molecule has 1 aromatic carbocycles. The number of amides is 1. The van der Waals surface area contributed by atoms with Crippen molar-refractivity contribution >= 4 is 38.9 Å². The second-order valence-corrected chi connectivity index (χ2v) is 6.86. The maximum absolute atomic E-state index is 13.2. The highest BCUT2D eigenvalue weighted by molar-refractivity contribution is 9.11. The van der Waals surface area contributed by atoms with Gasteiger partial charge in [-0.3, -0.25) is 4.79 Å². The molecule has 6 heteroatoms. The van der Waals surface area contributed by atoms with Crippen molar-refractivity contribution in [2.45, 2.75) is 12.6 Å². The molecule has 1 aliphatic heterocycles. The lowest BCUT2D eigenvalue weighted by Gasteiger charge is -2.16. The van der Waals surface area contributed by atoms with Crippen LogP contribution in [0.4, 0.5) is 10.1 Å². The monoisotopic (exact) mass is 340 g/mol. The summed E-state index contributed by atoms with van der Waals surface area (Å²) in [6.45, 7) is 0.460. The number of anilines is 1. The molecule has 0 spiro atoms. The molecule has 0 radical (unpaired) electrons. The first kappa shape index (κ1) is 12.8. The van der Waals surface area contributed by atoms with Crippen LogP contribution in [0.15, 0.2) is 34.1 Å². The average molecular weight is 341 g/mol. The minimum atomic E-state index is -0.769. The van der Waals surface area contributed by atoms with Gasteiger partial charge in [-0.15, -0.1) is 11.3 Å². The largest absolute Gasteiger partial charge is 0.316 e. The summed E-state index contributed by atoms with van der Waals surface area (Å²) in [5.41, 5.74) is 7.10. The maximum Gasteiger partial charge on any atom is 0.248 e. The Bertz CT molecular complexity index is 658. The first-order valence-corrected chi connectivity index (χ1v) is 7.28. The van der Waals surface area contributed by atoms with Crippen molar-refractivity contribution in [3.8, 4) is 0 Å². The molecular formula is C13H10BrFN2OS. The molecule has 3 rings (SSSR count). The lowest BCUT2D eigenvalue weighted by atomic mass is 10.1. The first-order chi connectivity index (χ1) is 9.06. The van der Waals surface area contributed by atoms with Crippen molar-refractivity contribution in [3.63, 3.8) is 0 Å². The molecule has 98 valence electrons. The summed E-state index contributed by atoms with van der Waals surface area (Å²) in [5, 5.41) is 0. The van der Waals surface area contributed by atoms with Gasteiger partial charge in [0.25, 0.3) is 0 Å². The van der Waals surface area contributed by atoms with Crippen molar-refractivity contribution in [1.29, 1.82) is 0 Å². The van der Waals surface area contributed by atoms with E-state index in [2.05, 4.69) is 15.9 Å². The highest BCUT2D eigenvalue weighted by atomic mass is 79.9. The van der Waals surface area contributed by atoms with Gasteiger partial charge in [0.15, 0.2) is 0 Å². The van der Waals surface area contributed by atoms with Crippen LogP contribution in [0.3, 0.4) is 0 Å². The van der Waals surface area contributed by atoms with Gasteiger partial charge in [-0.2, -0.15) is 0 Å². The number of halogens is 2. The van der Waals surface area contributed by atoms with Crippen molar-refractivity contribution in [3.05, 3.63) is 50.4 Å². The number of thiophene rings is 1. The summed E-state index contributed by atoms with van der Waals surface area (Å²) in [5.74, 6) is -0.562. The number of nitrogens with two attached hydrogens (primary N) is 1. The van der Waals surface area contributed by atoms with Gasteiger partial charge in [0.05, 0.1) is 10.3 Å². The van der Waals surface area contributed by atoms with E-state index in [1.807, 2.05) is 12.1 Å². The third kappa shape index (κ3) is 2.20. The molecule has 2 aromatic rings. The van der Waals surface area contributed by atoms with E-state index in [4.69, 9.17) is 5.73 Å². The lowest BCUT2D eigenvalue weighted by molar-refractivity contribution is -0.119. The molecule has 19 heavy (non-hydrogen) atoms. The van der Waals surface area contributed by atoms with Gasteiger partial charge in [-0.25, -0.2) is 4.39 Å². The SMILES string of the molecule is NC1C(=O)N(Cc2ccc(Br)s2)c2ccc(F)cc21. The molecular weight excluding hydrogens is 331 g/mol. The topological polar surface area (TPSA) is 46.3 Å². The Morgan fingerprint density at radius 1 is 1.37 bits per heavy atom. The zero-order valence-corrected chi connectivity index (χ0v) is 12.2. The van der Waals surface area contributed by atoms with Gasteiger partial charge >= 0.3 is 0 Å². The minimum absolute atomic E-state index is 0.190. The summed E-state index contributed by atoms with van der Waals surface area (Å²) in [7, 11) is 0. The lowest BCUT2D eigenvalue weighted by Crippen LogP contribution is -2.30. The number of hydrogen-bond acceptors (Lipinski definition) is 3. The maximum atomic E-state index is 13.2. The predicted octanol–water partition coefficient (Wildman–Crippen LogP) is 3.20. The summed E-state index contributed by atoms with van der Waals surface area (Å²) < 4.78 is 14.2.